The zero-order valence-electron chi connectivity index (χ0n) is 44.8. The number of unbranched alkanes of at least 4 members (excludes halogenated alkanes) is 29. The van der Waals surface area contributed by atoms with Gasteiger partial charge < -0.3 is 34.3 Å². The third-order valence-corrected chi connectivity index (χ3v) is 13.9. The van der Waals surface area contributed by atoms with Gasteiger partial charge in [-0.15, -0.1) is 0 Å². The largest absolute Gasteiger partial charge is 0.462 e. The molecule has 0 aliphatic carbocycles. The summed E-state index contributed by atoms with van der Waals surface area (Å²) in [6.45, 7) is 3.76. The number of carbonyl (C=O) groups excluding carboxylic acids is 2. The Morgan fingerprint density at radius 1 is 0.479 bits per heavy atom. The Kier molecular flexibility index (Phi) is 44.4. The van der Waals surface area contributed by atoms with Crippen LogP contribution in [0.1, 0.15) is 251 Å². The molecule has 1 heterocycles. The number of allylic oxidation sites excluding steroid dienone is 8. The lowest BCUT2D eigenvalue weighted by atomic mass is 10.00. The number of aliphatic hydroxyl groups excluding tert-OH is 3. The molecule has 6 atom stereocenters. The van der Waals surface area contributed by atoms with E-state index in [4.69, 9.17) is 18.9 Å². The minimum absolute atomic E-state index is 0.144. The Labute approximate surface area is 433 Å². The standard InChI is InChI=1S/C58H104O12S/c1-3-5-7-9-11-13-15-17-19-21-23-25-27-29-31-33-35-37-39-41-43-45-47-54(60)69-51(49-68-58-57(63)56(62)55(61)52(70-58)50-71(64,65)66)48-67-53(59)46-44-42-40-38-36-34-32-30-28-26-24-22-20-18-16-14-12-10-8-6-4-2/h20,22,26,28,32,34,38,40,51-52,55-58,61-63H,3-19,21,23-25,27,29-31,33,35-37,39,41-50H2,1-2H3,(H,64,65,66)/b22-20+,28-26+,34-32+,40-38+/t51-,52-,55-,56?,57?,58+/m1/s1. The monoisotopic (exact) mass is 1020 g/mol. The van der Waals surface area contributed by atoms with Crippen LogP contribution in [0.2, 0.25) is 0 Å². The molecule has 0 aromatic heterocycles. The summed E-state index contributed by atoms with van der Waals surface area (Å²) in [5.74, 6) is -2.04. The smallest absolute Gasteiger partial charge is 0.306 e. The number of hydrogen-bond acceptors (Lipinski definition) is 11. The molecule has 1 saturated heterocycles. The van der Waals surface area contributed by atoms with Crippen molar-refractivity contribution in [3.05, 3.63) is 48.6 Å². The highest BCUT2D eigenvalue weighted by Gasteiger charge is 2.46. The van der Waals surface area contributed by atoms with Crippen LogP contribution < -0.4 is 0 Å². The summed E-state index contributed by atoms with van der Waals surface area (Å²) in [7, 11) is -4.61. The van der Waals surface area contributed by atoms with E-state index in [1.807, 2.05) is 6.08 Å². The van der Waals surface area contributed by atoms with Gasteiger partial charge in [0, 0.05) is 12.8 Å². The van der Waals surface area contributed by atoms with Crippen LogP contribution in [0.4, 0.5) is 0 Å². The van der Waals surface area contributed by atoms with E-state index in [0.29, 0.717) is 19.3 Å². The van der Waals surface area contributed by atoms with E-state index in [1.165, 1.54) is 167 Å². The molecule has 2 unspecified atom stereocenters. The number of carbonyl (C=O) groups is 2. The Hall–Kier alpha value is -2.39. The van der Waals surface area contributed by atoms with Gasteiger partial charge in [-0.05, 0) is 51.4 Å². The van der Waals surface area contributed by atoms with Crippen LogP contribution >= 0.6 is 0 Å². The summed E-state index contributed by atoms with van der Waals surface area (Å²) in [6.07, 6.45) is 50.2. The average Bonchev–Trinajstić information content (AvgIpc) is 3.34. The van der Waals surface area contributed by atoms with E-state index >= 15 is 0 Å². The second kappa shape index (κ2) is 47.3. The first-order valence-corrected chi connectivity index (χ1v) is 30.3. The zero-order chi connectivity index (χ0) is 51.9. The summed E-state index contributed by atoms with van der Waals surface area (Å²) >= 11 is 0. The minimum atomic E-state index is -4.61. The normalized spacial score (nSPS) is 19.2. The molecule has 1 fully saturated rings. The van der Waals surface area contributed by atoms with Gasteiger partial charge in [-0.2, -0.15) is 8.42 Å². The Morgan fingerprint density at radius 3 is 1.30 bits per heavy atom. The minimum Gasteiger partial charge on any atom is -0.462 e. The van der Waals surface area contributed by atoms with E-state index in [0.717, 1.165) is 38.5 Å². The van der Waals surface area contributed by atoms with Gasteiger partial charge >= 0.3 is 11.9 Å². The van der Waals surface area contributed by atoms with Crippen molar-refractivity contribution in [2.24, 2.45) is 0 Å². The Morgan fingerprint density at radius 2 is 0.859 bits per heavy atom. The molecule has 0 amide bonds. The van der Waals surface area contributed by atoms with Gasteiger partial charge in [-0.25, -0.2) is 0 Å². The van der Waals surface area contributed by atoms with E-state index < -0.39 is 71.2 Å². The molecule has 71 heavy (non-hydrogen) atoms. The maximum absolute atomic E-state index is 12.9. The van der Waals surface area contributed by atoms with Gasteiger partial charge in [0.25, 0.3) is 10.1 Å². The summed E-state index contributed by atoms with van der Waals surface area (Å²) in [5.41, 5.74) is 0. The number of ether oxygens (including phenoxy) is 4. The van der Waals surface area contributed by atoms with Crippen LogP contribution in [0, 0.1) is 0 Å². The number of hydrogen-bond donors (Lipinski definition) is 4. The molecule has 0 saturated carbocycles. The van der Waals surface area contributed by atoms with Crippen LogP contribution in [-0.2, 0) is 38.7 Å². The summed E-state index contributed by atoms with van der Waals surface area (Å²) in [6, 6.07) is 0. The molecular formula is C58H104O12S. The van der Waals surface area contributed by atoms with Crippen LogP contribution in [0.5, 0.6) is 0 Å². The summed E-state index contributed by atoms with van der Waals surface area (Å²) in [4.78, 5) is 25.6. The quantitative estimate of drug-likeness (QED) is 0.0196. The first kappa shape index (κ1) is 66.6. The average molecular weight is 1030 g/mol. The molecule has 0 bridgehead atoms. The molecule has 1 rings (SSSR count). The van der Waals surface area contributed by atoms with E-state index in [9.17, 15) is 37.9 Å². The SMILES string of the molecule is CCCCCCCCC/C=C/C/C=C/C/C=C/C/C=C/CCCC(=O)OC[C@H](CO[C@H]1O[C@H](CS(=O)(=O)O)[C@@H](O)C(O)C1O)OC(=O)CCCCCCCCCCCCCCCCCCCCCCCC. The highest BCUT2D eigenvalue weighted by molar-refractivity contribution is 7.85. The van der Waals surface area contributed by atoms with Gasteiger partial charge in [0.2, 0.25) is 0 Å². The van der Waals surface area contributed by atoms with Gasteiger partial charge in [-0.3, -0.25) is 14.1 Å². The van der Waals surface area contributed by atoms with Crippen molar-refractivity contribution in [2.45, 2.75) is 288 Å². The predicted molar refractivity (Wildman–Crippen MR) is 289 cm³/mol. The van der Waals surface area contributed by atoms with E-state index in [2.05, 4.69) is 56.4 Å². The number of esters is 2. The molecule has 12 nitrogen and oxygen atoms in total. The third kappa shape index (κ3) is 41.6. The third-order valence-electron chi connectivity index (χ3n) is 13.2. The Bertz CT molecular complexity index is 1480. The predicted octanol–water partition coefficient (Wildman–Crippen LogP) is 13.9. The second-order valence-electron chi connectivity index (χ2n) is 20.0. The fraction of sp³-hybridized carbons (Fsp3) is 0.828. The van der Waals surface area contributed by atoms with Crippen LogP contribution in [-0.4, -0.2) is 96.0 Å². The first-order valence-electron chi connectivity index (χ1n) is 28.7. The lowest BCUT2D eigenvalue weighted by molar-refractivity contribution is -0.297. The molecule has 4 N–H and O–H groups in total. The van der Waals surface area contributed by atoms with E-state index in [1.54, 1.807) is 0 Å². The maximum atomic E-state index is 12.9. The van der Waals surface area contributed by atoms with Crippen molar-refractivity contribution in [1.29, 1.82) is 0 Å². The van der Waals surface area contributed by atoms with Gasteiger partial charge in [0.05, 0.1) is 6.61 Å². The van der Waals surface area contributed by atoms with Crippen molar-refractivity contribution in [3.8, 4) is 0 Å². The fourth-order valence-corrected chi connectivity index (χ4v) is 9.42. The van der Waals surface area contributed by atoms with Gasteiger partial charge in [0.15, 0.2) is 12.4 Å². The molecule has 1 aliphatic rings. The van der Waals surface area contributed by atoms with Gasteiger partial charge in [0.1, 0.15) is 36.8 Å². The molecule has 0 aromatic carbocycles. The molecule has 0 spiro atoms. The lowest BCUT2D eigenvalue weighted by Gasteiger charge is -2.40. The highest BCUT2D eigenvalue weighted by Crippen LogP contribution is 2.24. The van der Waals surface area contributed by atoms with Crippen LogP contribution in [0.25, 0.3) is 0 Å². The fourth-order valence-electron chi connectivity index (χ4n) is 8.73. The number of rotatable bonds is 49. The molecule has 0 radical (unpaired) electrons. The van der Waals surface area contributed by atoms with Gasteiger partial charge in [-0.1, -0.05) is 236 Å². The summed E-state index contributed by atoms with van der Waals surface area (Å²) < 4.78 is 54.3. The van der Waals surface area contributed by atoms with E-state index in [-0.39, 0.29) is 19.4 Å². The molecule has 0 aromatic rings. The van der Waals surface area contributed by atoms with Crippen molar-refractivity contribution in [3.63, 3.8) is 0 Å². The highest BCUT2D eigenvalue weighted by atomic mass is 32.2. The van der Waals surface area contributed by atoms with Crippen molar-refractivity contribution >= 4 is 22.1 Å². The van der Waals surface area contributed by atoms with Crippen molar-refractivity contribution in [1.82, 2.24) is 0 Å². The molecule has 414 valence electrons. The lowest BCUT2D eigenvalue weighted by Crippen LogP contribution is -2.60. The Balaban J connectivity index is 2.35. The van der Waals surface area contributed by atoms with Crippen molar-refractivity contribution in [2.75, 3.05) is 19.0 Å². The maximum Gasteiger partial charge on any atom is 0.306 e. The second-order valence-corrected chi connectivity index (χ2v) is 21.5. The molecule has 1 aliphatic heterocycles. The van der Waals surface area contributed by atoms with Crippen LogP contribution in [0.15, 0.2) is 48.6 Å². The number of aliphatic hydroxyl groups is 3. The zero-order valence-corrected chi connectivity index (χ0v) is 45.6. The molecular weight excluding hydrogens is 921 g/mol. The van der Waals surface area contributed by atoms with Crippen molar-refractivity contribution < 1.29 is 56.8 Å². The van der Waals surface area contributed by atoms with Crippen LogP contribution in [0.3, 0.4) is 0 Å². The summed E-state index contributed by atoms with van der Waals surface area (Å²) in [5, 5.41) is 31.0. The topological polar surface area (TPSA) is 186 Å². The molecule has 13 heteroatoms. The first-order chi connectivity index (χ1) is 34.5.